The van der Waals surface area contributed by atoms with Gasteiger partial charge in [0.2, 0.25) is 11.8 Å². The predicted octanol–water partition coefficient (Wildman–Crippen LogP) is 1.34. The summed E-state index contributed by atoms with van der Waals surface area (Å²) in [5, 5.41) is 13.6. The smallest absolute Gasteiger partial charge is 0.274 e. The number of methoxy groups -OCH3 is 1. The molecule has 0 bridgehead atoms. The number of hydrogen-bond acceptors (Lipinski definition) is 5. The minimum Gasteiger partial charge on any atom is -0.383 e. The number of likely N-dealkylation sites (tertiary alicyclic amines) is 1. The first-order chi connectivity index (χ1) is 10.9. The molecule has 1 aliphatic rings. The summed E-state index contributed by atoms with van der Waals surface area (Å²) < 4.78 is 4.93. The maximum Gasteiger partial charge on any atom is 0.274 e. The van der Waals surface area contributed by atoms with Crippen molar-refractivity contribution in [2.24, 2.45) is 5.92 Å². The van der Waals surface area contributed by atoms with Crippen LogP contribution in [0.25, 0.3) is 0 Å². The van der Waals surface area contributed by atoms with Crippen LogP contribution in [0, 0.1) is 23.0 Å². The van der Waals surface area contributed by atoms with E-state index in [-0.39, 0.29) is 23.9 Å². The molecule has 1 N–H and O–H groups in total. The Hall–Kier alpha value is -2.48. The molecule has 2 amide bonds. The Morgan fingerprint density at radius 1 is 1.52 bits per heavy atom. The molecule has 0 aliphatic carbocycles. The Morgan fingerprint density at radius 3 is 2.91 bits per heavy atom. The monoisotopic (exact) mass is 321 g/mol. The van der Waals surface area contributed by atoms with Gasteiger partial charge in [0.05, 0.1) is 17.4 Å². The first-order valence-corrected chi connectivity index (χ1v) is 7.25. The van der Waals surface area contributed by atoms with Gasteiger partial charge in [-0.3, -0.25) is 19.7 Å². The maximum absolute atomic E-state index is 12.3. The molecule has 0 aromatic heterocycles. The van der Waals surface area contributed by atoms with E-state index >= 15 is 0 Å². The molecular formula is C15H19N3O5. The van der Waals surface area contributed by atoms with Gasteiger partial charge in [0.15, 0.2) is 0 Å². The Labute approximate surface area is 133 Å². The van der Waals surface area contributed by atoms with Gasteiger partial charge in [-0.05, 0) is 13.0 Å². The molecule has 0 saturated carbocycles. The second-order valence-electron chi connectivity index (χ2n) is 5.48. The fourth-order valence-corrected chi connectivity index (χ4v) is 2.49. The van der Waals surface area contributed by atoms with Crippen LogP contribution < -0.4 is 5.32 Å². The molecule has 1 aromatic rings. The van der Waals surface area contributed by atoms with Crippen molar-refractivity contribution in [1.29, 1.82) is 0 Å². The second-order valence-corrected chi connectivity index (χ2v) is 5.48. The van der Waals surface area contributed by atoms with Gasteiger partial charge < -0.3 is 15.0 Å². The van der Waals surface area contributed by atoms with Crippen LogP contribution in [0.2, 0.25) is 0 Å². The fraction of sp³-hybridized carbons (Fsp3) is 0.467. The zero-order valence-electron chi connectivity index (χ0n) is 13.1. The predicted molar refractivity (Wildman–Crippen MR) is 83.0 cm³/mol. The number of aryl methyl sites for hydroxylation is 1. The van der Waals surface area contributed by atoms with Crippen molar-refractivity contribution < 1.29 is 19.2 Å². The fourth-order valence-electron chi connectivity index (χ4n) is 2.49. The summed E-state index contributed by atoms with van der Waals surface area (Å²) in [4.78, 5) is 36.1. The highest BCUT2D eigenvalue weighted by Crippen LogP contribution is 2.24. The molecule has 0 spiro atoms. The molecule has 8 heteroatoms. The van der Waals surface area contributed by atoms with Crippen LogP contribution in [0.1, 0.15) is 12.0 Å². The molecule has 1 atom stereocenters. The zero-order valence-corrected chi connectivity index (χ0v) is 13.1. The number of anilines is 1. The van der Waals surface area contributed by atoms with Gasteiger partial charge >= 0.3 is 0 Å². The Morgan fingerprint density at radius 2 is 2.26 bits per heavy atom. The van der Waals surface area contributed by atoms with Crippen molar-refractivity contribution in [3.63, 3.8) is 0 Å². The van der Waals surface area contributed by atoms with Gasteiger partial charge in [0.25, 0.3) is 5.69 Å². The van der Waals surface area contributed by atoms with E-state index in [1.807, 2.05) is 0 Å². The van der Waals surface area contributed by atoms with Crippen molar-refractivity contribution in [2.75, 3.05) is 32.1 Å². The molecule has 124 valence electrons. The number of hydrogen-bond donors (Lipinski definition) is 1. The summed E-state index contributed by atoms with van der Waals surface area (Å²) in [6.45, 7) is 2.84. The summed E-state index contributed by atoms with van der Waals surface area (Å²) in [5.41, 5.74) is 0.830. The Kier molecular flexibility index (Phi) is 5.28. The van der Waals surface area contributed by atoms with Crippen LogP contribution in [0.5, 0.6) is 0 Å². The summed E-state index contributed by atoms with van der Waals surface area (Å²) in [6.07, 6.45) is 0.142. The SMILES string of the molecule is COCCN1C[C@@H](C(=O)Nc2ccc(C)c([N+](=O)[O-])c2)CC1=O. The molecule has 8 nitrogen and oxygen atoms in total. The van der Waals surface area contributed by atoms with Crippen molar-refractivity contribution >= 4 is 23.2 Å². The molecular weight excluding hydrogens is 302 g/mol. The summed E-state index contributed by atoms with van der Waals surface area (Å²) in [7, 11) is 1.55. The number of benzene rings is 1. The van der Waals surface area contributed by atoms with E-state index in [2.05, 4.69) is 5.32 Å². The van der Waals surface area contributed by atoms with Gasteiger partial charge in [-0.2, -0.15) is 0 Å². The number of nitrogens with one attached hydrogen (secondary N) is 1. The highest BCUT2D eigenvalue weighted by molar-refractivity contribution is 5.97. The average Bonchev–Trinajstić information content (AvgIpc) is 2.88. The lowest BCUT2D eigenvalue weighted by Gasteiger charge is -2.15. The number of carbonyl (C=O) groups is 2. The number of amides is 2. The van der Waals surface area contributed by atoms with Crippen molar-refractivity contribution in [3.05, 3.63) is 33.9 Å². The first kappa shape index (κ1) is 16.9. The van der Waals surface area contributed by atoms with E-state index < -0.39 is 10.8 Å². The molecule has 1 saturated heterocycles. The number of rotatable bonds is 6. The molecule has 0 radical (unpaired) electrons. The number of nitrogens with zero attached hydrogens (tertiary/aromatic N) is 2. The zero-order chi connectivity index (χ0) is 17.0. The molecule has 0 unspecified atom stereocenters. The van der Waals surface area contributed by atoms with E-state index in [1.54, 1.807) is 31.1 Å². The third-order valence-corrected chi connectivity index (χ3v) is 3.82. The number of nitro benzene ring substituents is 1. The molecule has 1 fully saturated rings. The second kappa shape index (κ2) is 7.19. The van der Waals surface area contributed by atoms with E-state index in [0.717, 1.165) is 0 Å². The van der Waals surface area contributed by atoms with Crippen molar-refractivity contribution in [1.82, 2.24) is 4.90 Å². The van der Waals surface area contributed by atoms with E-state index in [9.17, 15) is 19.7 Å². The minimum absolute atomic E-state index is 0.0491. The van der Waals surface area contributed by atoms with E-state index in [0.29, 0.717) is 30.9 Å². The lowest BCUT2D eigenvalue weighted by molar-refractivity contribution is -0.385. The largest absolute Gasteiger partial charge is 0.383 e. The number of ether oxygens (including phenoxy) is 1. The van der Waals surface area contributed by atoms with Gasteiger partial charge in [0, 0.05) is 43.9 Å². The van der Waals surface area contributed by atoms with Crippen LogP contribution in [0.3, 0.4) is 0 Å². The van der Waals surface area contributed by atoms with Crippen LogP contribution >= 0.6 is 0 Å². The van der Waals surface area contributed by atoms with Crippen molar-refractivity contribution in [3.8, 4) is 0 Å². The minimum atomic E-state index is -0.490. The Bertz CT molecular complexity index is 632. The lowest BCUT2D eigenvalue weighted by Crippen LogP contribution is -2.30. The maximum atomic E-state index is 12.3. The van der Waals surface area contributed by atoms with Gasteiger partial charge in [-0.25, -0.2) is 0 Å². The van der Waals surface area contributed by atoms with Crippen LogP contribution in [-0.2, 0) is 14.3 Å². The number of carbonyl (C=O) groups excluding carboxylic acids is 2. The molecule has 2 rings (SSSR count). The summed E-state index contributed by atoms with van der Waals surface area (Å²) in [6, 6.07) is 4.52. The summed E-state index contributed by atoms with van der Waals surface area (Å²) >= 11 is 0. The first-order valence-electron chi connectivity index (χ1n) is 7.25. The average molecular weight is 321 g/mol. The highest BCUT2D eigenvalue weighted by atomic mass is 16.6. The number of nitro groups is 1. The van der Waals surface area contributed by atoms with Crippen LogP contribution in [-0.4, -0.2) is 48.4 Å². The van der Waals surface area contributed by atoms with Gasteiger partial charge in [-0.15, -0.1) is 0 Å². The summed E-state index contributed by atoms with van der Waals surface area (Å²) in [5.74, 6) is -0.854. The van der Waals surface area contributed by atoms with E-state index in [1.165, 1.54) is 6.07 Å². The Balaban J connectivity index is 2.01. The normalized spacial score (nSPS) is 17.4. The third-order valence-electron chi connectivity index (χ3n) is 3.82. The van der Waals surface area contributed by atoms with Crippen molar-refractivity contribution in [2.45, 2.75) is 13.3 Å². The lowest BCUT2D eigenvalue weighted by atomic mass is 10.1. The molecule has 23 heavy (non-hydrogen) atoms. The molecule has 1 aromatic carbocycles. The van der Waals surface area contributed by atoms with Gasteiger partial charge in [-0.1, -0.05) is 6.07 Å². The van der Waals surface area contributed by atoms with Gasteiger partial charge in [0.1, 0.15) is 0 Å². The molecule has 1 heterocycles. The quantitative estimate of drug-likeness (QED) is 0.629. The third kappa shape index (κ3) is 4.04. The van der Waals surface area contributed by atoms with Crippen LogP contribution in [0.4, 0.5) is 11.4 Å². The standard InChI is InChI=1S/C15H19N3O5/c1-10-3-4-12(8-13(10)18(21)22)16-15(20)11-7-14(19)17(9-11)5-6-23-2/h3-4,8,11H,5-7,9H2,1-2H3,(H,16,20)/t11-/m0/s1. The van der Waals surface area contributed by atoms with E-state index in [4.69, 9.17) is 4.74 Å². The van der Waals surface area contributed by atoms with Crippen LogP contribution in [0.15, 0.2) is 18.2 Å². The molecule has 1 aliphatic heterocycles. The topological polar surface area (TPSA) is 102 Å². The highest BCUT2D eigenvalue weighted by Gasteiger charge is 2.34.